The molecule has 1 aliphatic rings. The molecule has 0 aromatic heterocycles. The number of aliphatic carboxylic acids is 2. The Morgan fingerprint density at radius 1 is 1.27 bits per heavy atom. The summed E-state index contributed by atoms with van der Waals surface area (Å²) in [5.74, 6) is -1.83. The van der Waals surface area contributed by atoms with Gasteiger partial charge in [0.05, 0.1) is 12.5 Å². The van der Waals surface area contributed by atoms with Gasteiger partial charge in [-0.1, -0.05) is 30.3 Å². The molecule has 6 heteroatoms. The number of ether oxygens (including phenoxy) is 1. The number of hydrogen-bond donors (Lipinski definition) is 2. The fourth-order valence-corrected chi connectivity index (χ4v) is 2.68. The summed E-state index contributed by atoms with van der Waals surface area (Å²) >= 11 is 0. The van der Waals surface area contributed by atoms with Crippen LogP contribution in [0.4, 0.5) is 0 Å². The lowest BCUT2D eigenvalue weighted by molar-refractivity contribution is -0.157. The van der Waals surface area contributed by atoms with Crippen LogP contribution >= 0.6 is 0 Å². The Morgan fingerprint density at radius 3 is 2.64 bits per heavy atom. The zero-order valence-electron chi connectivity index (χ0n) is 12.4. The molecule has 0 saturated carbocycles. The third kappa shape index (κ3) is 4.82. The van der Waals surface area contributed by atoms with E-state index < -0.39 is 18.0 Å². The Morgan fingerprint density at radius 2 is 2.00 bits per heavy atom. The molecule has 2 rings (SSSR count). The predicted molar refractivity (Wildman–Crippen MR) is 79.6 cm³/mol. The molecule has 120 valence electrons. The molecule has 6 nitrogen and oxygen atoms in total. The zero-order chi connectivity index (χ0) is 15.9. The van der Waals surface area contributed by atoms with Gasteiger partial charge in [-0.3, -0.25) is 4.79 Å². The predicted octanol–water partition coefficient (Wildman–Crippen LogP) is 1.77. The number of benzene rings is 1. The molecule has 0 spiro atoms. The van der Waals surface area contributed by atoms with Crippen molar-refractivity contribution in [2.75, 3.05) is 19.6 Å². The van der Waals surface area contributed by atoms with E-state index in [1.54, 1.807) is 24.3 Å². The molecule has 1 heterocycles. The summed E-state index contributed by atoms with van der Waals surface area (Å²) < 4.78 is 5.79. The number of nitrogens with zero attached hydrogens (tertiary/aromatic N) is 1. The van der Waals surface area contributed by atoms with Crippen molar-refractivity contribution in [2.45, 2.75) is 31.5 Å². The molecule has 1 aromatic rings. The van der Waals surface area contributed by atoms with Crippen molar-refractivity contribution >= 4 is 11.9 Å². The fourth-order valence-electron chi connectivity index (χ4n) is 2.68. The summed E-state index contributed by atoms with van der Waals surface area (Å²) in [5.41, 5.74) is 0.623. The van der Waals surface area contributed by atoms with E-state index in [1.807, 2.05) is 11.0 Å². The third-order valence-electron chi connectivity index (χ3n) is 3.76. The van der Waals surface area contributed by atoms with Crippen molar-refractivity contribution < 1.29 is 24.5 Å². The minimum atomic E-state index is -1.01. The Labute approximate surface area is 129 Å². The molecular formula is C16H21NO5. The molecule has 1 aromatic carbocycles. The number of piperidine rings is 1. The number of rotatable bonds is 7. The van der Waals surface area contributed by atoms with Gasteiger partial charge in [0.2, 0.25) is 0 Å². The summed E-state index contributed by atoms with van der Waals surface area (Å²) in [7, 11) is 0. The molecule has 2 atom stereocenters. The van der Waals surface area contributed by atoms with Crippen LogP contribution in [0.15, 0.2) is 30.3 Å². The van der Waals surface area contributed by atoms with E-state index in [9.17, 15) is 14.7 Å². The Bertz CT molecular complexity index is 505. The van der Waals surface area contributed by atoms with Gasteiger partial charge in [-0.2, -0.15) is 0 Å². The van der Waals surface area contributed by atoms with Crippen LogP contribution in [0.1, 0.15) is 30.9 Å². The van der Waals surface area contributed by atoms with Gasteiger partial charge in [-0.05, 0) is 24.9 Å². The van der Waals surface area contributed by atoms with Gasteiger partial charge in [-0.15, -0.1) is 0 Å². The smallest absolute Gasteiger partial charge is 0.337 e. The van der Waals surface area contributed by atoms with Crippen LogP contribution in [0, 0.1) is 0 Å². The first-order chi connectivity index (χ1) is 10.6. The zero-order valence-corrected chi connectivity index (χ0v) is 12.4. The molecule has 0 bridgehead atoms. The molecule has 22 heavy (non-hydrogen) atoms. The number of carboxylic acids is 2. The molecule has 0 aliphatic carbocycles. The van der Waals surface area contributed by atoms with Crippen molar-refractivity contribution in [3.63, 3.8) is 0 Å². The highest BCUT2D eigenvalue weighted by Crippen LogP contribution is 2.23. The Balaban J connectivity index is 1.95. The molecule has 1 aliphatic heterocycles. The maximum Gasteiger partial charge on any atom is 0.337 e. The van der Waals surface area contributed by atoms with Crippen molar-refractivity contribution in [3.05, 3.63) is 35.9 Å². The lowest BCUT2D eigenvalue weighted by atomic mass is 10.1. The van der Waals surface area contributed by atoms with Crippen LogP contribution in [-0.4, -0.2) is 52.8 Å². The van der Waals surface area contributed by atoms with Gasteiger partial charge in [0.25, 0.3) is 0 Å². The van der Waals surface area contributed by atoms with E-state index in [1.165, 1.54) is 0 Å². The third-order valence-corrected chi connectivity index (χ3v) is 3.76. The SMILES string of the molecule is O=C(O)CCN1CCCC(OC(C(=O)O)c2ccccc2)C1. The maximum atomic E-state index is 11.5. The van der Waals surface area contributed by atoms with Gasteiger partial charge in [-0.25, -0.2) is 4.79 Å². The van der Waals surface area contributed by atoms with E-state index in [0.717, 1.165) is 19.4 Å². The Kier molecular flexibility index (Phi) is 5.91. The van der Waals surface area contributed by atoms with E-state index in [-0.39, 0.29) is 12.5 Å². The standard InChI is InChI=1S/C16H21NO5/c18-14(19)8-10-17-9-4-7-13(11-17)22-15(16(20)21)12-5-2-1-3-6-12/h1-3,5-6,13,15H,4,7-11H2,(H,18,19)(H,20,21). The van der Waals surface area contributed by atoms with E-state index in [0.29, 0.717) is 18.7 Å². The highest BCUT2D eigenvalue weighted by atomic mass is 16.5. The first-order valence-electron chi connectivity index (χ1n) is 7.43. The summed E-state index contributed by atoms with van der Waals surface area (Å²) in [6.45, 7) is 1.87. The maximum absolute atomic E-state index is 11.5. The average Bonchev–Trinajstić information content (AvgIpc) is 2.51. The van der Waals surface area contributed by atoms with Crippen LogP contribution in [0.5, 0.6) is 0 Å². The second-order valence-electron chi connectivity index (χ2n) is 5.47. The minimum Gasteiger partial charge on any atom is -0.481 e. The van der Waals surface area contributed by atoms with Crippen molar-refractivity contribution in [2.24, 2.45) is 0 Å². The van der Waals surface area contributed by atoms with Gasteiger partial charge < -0.3 is 19.8 Å². The molecule has 0 amide bonds. The lowest BCUT2D eigenvalue weighted by Crippen LogP contribution is -2.41. The monoisotopic (exact) mass is 307 g/mol. The second-order valence-corrected chi connectivity index (χ2v) is 5.47. The number of carbonyl (C=O) groups is 2. The number of carboxylic acid groups (broad SMARTS) is 2. The van der Waals surface area contributed by atoms with Crippen molar-refractivity contribution in [1.82, 2.24) is 4.90 Å². The van der Waals surface area contributed by atoms with Crippen LogP contribution in [0.3, 0.4) is 0 Å². The average molecular weight is 307 g/mol. The van der Waals surface area contributed by atoms with E-state index in [2.05, 4.69) is 0 Å². The minimum absolute atomic E-state index is 0.0910. The van der Waals surface area contributed by atoms with E-state index in [4.69, 9.17) is 9.84 Å². The molecular weight excluding hydrogens is 286 g/mol. The summed E-state index contributed by atoms with van der Waals surface area (Å²) in [6.07, 6.45) is 0.591. The van der Waals surface area contributed by atoms with Gasteiger partial charge in [0.15, 0.2) is 6.10 Å². The summed E-state index contributed by atoms with van der Waals surface area (Å²) in [6, 6.07) is 8.88. The van der Waals surface area contributed by atoms with Crippen LogP contribution < -0.4 is 0 Å². The molecule has 1 fully saturated rings. The van der Waals surface area contributed by atoms with Gasteiger partial charge in [0.1, 0.15) is 0 Å². The largest absolute Gasteiger partial charge is 0.481 e. The number of hydrogen-bond acceptors (Lipinski definition) is 4. The molecule has 2 unspecified atom stereocenters. The van der Waals surface area contributed by atoms with Crippen LogP contribution in [0.25, 0.3) is 0 Å². The lowest BCUT2D eigenvalue weighted by Gasteiger charge is -2.33. The Hall–Kier alpha value is -1.92. The van der Waals surface area contributed by atoms with Crippen molar-refractivity contribution in [3.8, 4) is 0 Å². The topological polar surface area (TPSA) is 87.1 Å². The van der Waals surface area contributed by atoms with Gasteiger partial charge >= 0.3 is 11.9 Å². The molecule has 0 radical (unpaired) electrons. The van der Waals surface area contributed by atoms with Gasteiger partial charge in [0, 0.05) is 13.1 Å². The fraction of sp³-hybridized carbons (Fsp3) is 0.500. The van der Waals surface area contributed by atoms with Crippen LogP contribution in [0.2, 0.25) is 0 Å². The molecule has 1 saturated heterocycles. The first-order valence-corrected chi connectivity index (χ1v) is 7.43. The summed E-state index contributed by atoms with van der Waals surface area (Å²) in [5, 5.41) is 18.1. The number of likely N-dealkylation sites (tertiary alicyclic amines) is 1. The quantitative estimate of drug-likeness (QED) is 0.798. The first kappa shape index (κ1) is 16.5. The molecule has 2 N–H and O–H groups in total. The van der Waals surface area contributed by atoms with Crippen LogP contribution in [-0.2, 0) is 14.3 Å². The highest BCUT2D eigenvalue weighted by molar-refractivity contribution is 5.74. The van der Waals surface area contributed by atoms with Crippen molar-refractivity contribution in [1.29, 1.82) is 0 Å². The highest BCUT2D eigenvalue weighted by Gasteiger charge is 2.28. The second kappa shape index (κ2) is 7.91. The summed E-state index contributed by atoms with van der Waals surface area (Å²) in [4.78, 5) is 24.1. The van der Waals surface area contributed by atoms with E-state index >= 15 is 0 Å². The normalized spacial score (nSPS) is 20.5.